The number of rotatable bonds is 3. The van der Waals surface area contributed by atoms with Crippen molar-refractivity contribution in [1.29, 1.82) is 0 Å². The smallest absolute Gasteiger partial charge is 0.237 e. The predicted octanol–water partition coefficient (Wildman–Crippen LogP) is 1.53. The van der Waals surface area contributed by atoms with Crippen molar-refractivity contribution in [2.75, 3.05) is 25.0 Å². The van der Waals surface area contributed by atoms with E-state index in [4.69, 9.17) is 0 Å². The van der Waals surface area contributed by atoms with E-state index in [-0.39, 0.29) is 11.3 Å². The van der Waals surface area contributed by atoms with Crippen molar-refractivity contribution in [2.24, 2.45) is 0 Å². The minimum Gasteiger partial charge on any atom is -0.318 e. The Balaban J connectivity index is 2.39. The van der Waals surface area contributed by atoms with Crippen LogP contribution in [0.25, 0.3) is 0 Å². The lowest BCUT2D eigenvalue weighted by molar-refractivity contribution is -0.122. The summed E-state index contributed by atoms with van der Waals surface area (Å²) in [6.45, 7) is 5.53. The molecule has 0 bridgehead atoms. The zero-order chi connectivity index (χ0) is 11.8. The van der Waals surface area contributed by atoms with Crippen LogP contribution in [0.15, 0.2) is 24.3 Å². The van der Waals surface area contributed by atoms with Crippen LogP contribution in [0.5, 0.6) is 0 Å². The highest BCUT2D eigenvalue weighted by molar-refractivity contribution is 6.07. The van der Waals surface area contributed by atoms with Crippen LogP contribution < -0.4 is 10.2 Å². The summed E-state index contributed by atoms with van der Waals surface area (Å²) >= 11 is 0. The maximum Gasteiger partial charge on any atom is 0.237 e. The number of hydrogen-bond acceptors (Lipinski definition) is 2. The highest BCUT2D eigenvalue weighted by Gasteiger charge is 2.42. The number of nitrogens with zero attached hydrogens (tertiary/aromatic N) is 1. The number of likely N-dealkylation sites (N-methyl/N-ethyl adjacent to an activating group) is 1. The molecule has 3 nitrogen and oxygen atoms in total. The number of carbonyl (C=O) groups excluding carboxylic acids is 1. The van der Waals surface area contributed by atoms with Gasteiger partial charge in [0.2, 0.25) is 5.91 Å². The maximum absolute atomic E-state index is 12.3. The number of para-hydroxylation sites is 1. The number of benzene rings is 1. The molecule has 1 aliphatic rings. The summed E-state index contributed by atoms with van der Waals surface area (Å²) in [6, 6.07) is 8.06. The van der Waals surface area contributed by atoms with Crippen molar-refractivity contribution in [3.63, 3.8) is 0 Å². The summed E-state index contributed by atoms with van der Waals surface area (Å²) in [4.78, 5) is 14.2. The first-order valence-corrected chi connectivity index (χ1v) is 5.65. The number of amides is 1. The SMILES string of the molecule is CNCCN1C(=O)C(C)(C)c2ccccc21. The van der Waals surface area contributed by atoms with E-state index >= 15 is 0 Å². The number of fused-ring (bicyclic) bond motifs is 1. The summed E-state index contributed by atoms with van der Waals surface area (Å²) in [7, 11) is 1.90. The molecule has 1 N–H and O–H groups in total. The second-order valence-electron chi connectivity index (χ2n) is 4.70. The van der Waals surface area contributed by atoms with Crippen LogP contribution >= 0.6 is 0 Å². The van der Waals surface area contributed by atoms with Crippen LogP contribution in [-0.4, -0.2) is 26.0 Å². The molecule has 1 heterocycles. The molecule has 86 valence electrons. The molecule has 0 radical (unpaired) electrons. The summed E-state index contributed by atoms with van der Waals surface area (Å²) in [5.41, 5.74) is 1.81. The van der Waals surface area contributed by atoms with Crippen LogP contribution in [-0.2, 0) is 10.2 Å². The molecule has 0 aromatic heterocycles. The fourth-order valence-corrected chi connectivity index (χ4v) is 2.25. The fraction of sp³-hybridized carbons (Fsp3) is 0.462. The van der Waals surface area contributed by atoms with Gasteiger partial charge < -0.3 is 10.2 Å². The van der Waals surface area contributed by atoms with Gasteiger partial charge >= 0.3 is 0 Å². The number of anilines is 1. The second kappa shape index (κ2) is 3.91. The molecular formula is C13H18N2O. The van der Waals surface area contributed by atoms with E-state index in [9.17, 15) is 4.79 Å². The van der Waals surface area contributed by atoms with Crippen LogP contribution in [0.2, 0.25) is 0 Å². The first kappa shape index (κ1) is 11.1. The maximum atomic E-state index is 12.3. The average molecular weight is 218 g/mol. The van der Waals surface area contributed by atoms with Gasteiger partial charge in [-0.05, 0) is 32.5 Å². The Morgan fingerprint density at radius 2 is 2.00 bits per heavy atom. The summed E-state index contributed by atoms with van der Waals surface area (Å²) < 4.78 is 0. The van der Waals surface area contributed by atoms with Crippen molar-refractivity contribution in [3.8, 4) is 0 Å². The van der Waals surface area contributed by atoms with Crippen LogP contribution in [0.4, 0.5) is 5.69 Å². The largest absolute Gasteiger partial charge is 0.318 e. The fourth-order valence-electron chi connectivity index (χ4n) is 2.25. The van der Waals surface area contributed by atoms with Gasteiger partial charge in [0.15, 0.2) is 0 Å². The van der Waals surface area contributed by atoms with Gasteiger partial charge in [-0.2, -0.15) is 0 Å². The van der Waals surface area contributed by atoms with Gasteiger partial charge in [0, 0.05) is 18.8 Å². The highest BCUT2D eigenvalue weighted by Crippen LogP contribution is 2.40. The monoisotopic (exact) mass is 218 g/mol. The minimum atomic E-state index is -0.385. The first-order chi connectivity index (χ1) is 7.59. The van der Waals surface area contributed by atoms with Gasteiger partial charge in [-0.1, -0.05) is 18.2 Å². The Hall–Kier alpha value is -1.35. The summed E-state index contributed by atoms with van der Waals surface area (Å²) in [5.74, 6) is 0.198. The average Bonchev–Trinajstić information content (AvgIpc) is 2.47. The molecule has 16 heavy (non-hydrogen) atoms. The van der Waals surface area contributed by atoms with Gasteiger partial charge in [0.25, 0.3) is 0 Å². The van der Waals surface area contributed by atoms with E-state index in [2.05, 4.69) is 5.32 Å². The molecule has 0 spiro atoms. The lowest BCUT2D eigenvalue weighted by atomic mass is 9.86. The minimum absolute atomic E-state index is 0.198. The number of carbonyl (C=O) groups is 1. The Morgan fingerprint density at radius 1 is 1.31 bits per heavy atom. The molecule has 0 fully saturated rings. The second-order valence-corrected chi connectivity index (χ2v) is 4.70. The van der Waals surface area contributed by atoms with Crippen molar-refractivity contribution in [1.82, 2.24) is 5.32 Å². The van der Waals surface area contributed by atoms with E-state index < -0.39 is 0 Å². The lowest BCUT2D eigenvalue weighted by Crippen LogP contribution is -2.39. The van der Waals surface area contributed by atoms with E-state index in [1.165, 1.54) is 0 Å². The summed E-state index contributed by atoms with van der Waals surface area (Å²) in [6.07, 6.45) is 0. The van der Waals surface area contributed by atoms with Crippen LogP contribution in [0, 0.1) is 0 Å². The molecular weight excluding hydrogens is 200 g/mol. The molecule has 0 atom stereocenters. The third-order valence-electron chi connectivity index (χ3n) is 3.23. The van der Waals surface area contributed by atoms with Crippen molar-refractivity contribution in [3.05, 3.63) is 29.8 Å². The third kappa shape index (κ3) is 1.52. The van der Waals surface area contributed by atoms with Gasteiger partial charge in [-0.3, -0.25) is 4.79 Å². The van der Waals surface area contributed by atoms with Crippen LogP contribution in [0.1, 0.15) is 19.4 Å². The standard InChI is InChI=1S/C13H18N2O/c1-13(2)10-6-4-5-7-11(10)15(12(13)16)9-8-14-3/h4-7,14H,8-9H2,1-3H3. The Labute approximate surface area is 96.5 Å². The van der Waals surface area contributed by atoms with Crippen molar-refractivity contribution < 1.29 is 4.79 Å². The zero-order valence-electron chi connectivity index (χ0n) is 10.1. The van der Waals surface area contributed by atoms with Gasteiger partial charge in [-0.25, -0.2) is 0 Å². The van der Waals surface area contributed by atoms with E-state index in [0.717, 1.165) is 24.3 Å². The quantitative estimate of drug-likeness (QED) is 0.834. The summed E-state index contributed by atoms with van der Waals surface area (Å²) in [5, 5.41) is 3.08. The number of nitrogens with one attached hydrogen (secondary N) is 1. The topological polar surface area (TPSA) is 32.3 Å². The van der Waals surface area contributed by atoms with E-state index in [1.807, 2.05) is 50.1 Å². The molecule has 1 aromatic carbocycles. The number of hydrogen-bond donors (Lipinski definition) is 1. The van der Waals surface area contributed by atoms with Crippen LogP contribution in [0.3, 0.4) is 0 Å². The zero-order valence-corrected chi connectivity index (χ0v) is 10.1. The highest BCUT2D eigenvalue weighted by atomic mass is 16.2. The van der Waals surface area contributed by atoms with E-state index in [0.29, 0.717) is 0 Å². The predicted molar refractivity (Wildman–Crippen MR) is 65.7 cm³/mol. The van der Waals surface area contributed by atoms with Crippen molar-refractivity contribution in [2.45, 2.75) is 19.3 Å². The van der Waals surface area contributed by atoms with Gasteiger partial charge in [0.05, 0.1) is 5.41 Å². The van der Waals surface area contributed by atoms with Gasteiger partial charge in [0.1, 0.15) is 0 Å². The Morgan fingerprint density at radius 3 is 2.69 bits per heavy atom. The Kier molecular flexibility index (Phi) is 2.72. The van der Waals surface area contributed by atoms with Crippen molar-refractivity contribution >= 4 is 11.6 Å². The first-order valence-electron chi connectivity index (χ1n) is 5.65. The van der Waals surface area contributed by atoms with Gasteiger partial charge in [-0.15, -0.1) is 0 Å². The molecule has 0 saturated heterocycles. The van der Waals surface area contributed by atoms with E-state index in [1.54, 1.807) is 0 Å². The lowest BCUT2D eigenvalue weighted by Gasteiger charge is -2.20. The molecule has 0 unspecified atom stereocenters. The molecule has 2 rings (SSSR count). The molecule has 1 aliphatic heterocycles. The molecule has 3 heteroatoms. The molecule has 1 amide bonds. The molecule has 0 aliphatic carbocycles. The Bertz CT molecular complexity index is 412. The molecule has 1 aromatic rings. The third-order valence-corrected chi connectivity index (χ3v) is 3.23. The molecule has 0 saturated carbocycles. The normalized spacial score (nSPS) is 17.7.